The number of benzene rings is 6. The second-order valence-corrected chi connectivity index (χ2v) is 17.7. The molecule has 376 valence electrons. The maximum Gasteiger partial charge on any atom is 0.0479 e. The van der Waals surface area contributed by atoms with Crippen molar-refractivity contribution < 1.29 is 0 Å². The molecule has 0 fully saturated rings. The Bertz CT molecular complexity index is 2290. The van der Waals surface area contributed by atoms with Gasteiger partial charge in [0.2, 0.25) is 0 Å². The summed E-state index contributed by atoms with van der Waals surface area (Å²) < 4.78 is 0. The highest BCUT2D eigenvalue weighted by Crippen LogP contribution is 2.47. The summed E-state index contributed by atoms with van der Waals surface area (Å²) in [5.74, 6) is 0. The van der Waals surface area contributed by atoms with Gasteiger partial charge >= 0.3 is 0 Å². The molecule has 2 nitrogen and oxygen atoms in total. The molecule has 6 aromatic rings. The fourth-order valence-electron chi connectivity index (χ4n) is 9.30. The minimum Gasteiger partial charge on any atom is -0.355 e. The van der Waals surface area contributed by atoms with E-state index in [1.807, 2.05) is 77.9 Å². The number of hydrogen-bond donors (Lipinski definition) is 1. The average Bonchev–Trinajstić information content (AvgIpc) is 3.33. The topological polar surface area (TPSA) is 15.3 Å². The van der Waals surface area contributed by atoms with Gasteiger partial charge in [-0.15, -0.1) is 0 Å². The van der Waals surface area contributed by atoms with Crippen molar-refractivity contribution in [1.82, 2.24) is 0 Å². The van der Waals surface area contributed by atoms with Gasteiger partial charge in [0.1, 0.15) is 0 Å². The highest BCUT2D eigenvalue weighted by molar-refractivity contribution is 5.83. The Balaban J connectivity index is 0. The number of fused-ring (bicyclic) bond motifs is 4. The van der Waals surface area contributed by atoms with Gasteiger partial charge in [0.15, 0.2) is 0 Å². The van der Waals surface area contributed by atoms with Crippen LogP contribution in [0.25, 0.3) is 0 Å². The molecule has 1 N–H and O–H groups in total. The van der Waals surface area contributed by atoms with Crippen LogP contribution in [-0.4, -0.2) is 7.05 Å². The van der Waals surface area contributed by atoms with Crippen molar-refractivity contribution in [3.63, 3.8) is 0 Å². The predicted molar refractivity (Wildman–Crippen MR) is 315 cm³/mol. The monoisotopic (exact) mass is 923 g/mol. The molecule has 0 unspecified atom stereocenters. The Hall–Kier alpha value is -5.08. The predicted octanol–water partition coefficient (Wildman–Crippen LogP) is 20.6. The van der Waals surface area contributed by atoms with Crippen LogP contribution in [-0.2, 0) is 12.8 Å². The Kier molecular flexibility index (Phi) is 27.8. The van der Waals surface area contributed by atoms with Gasteiger partial charge in [-0.05, 0) is 236 Å². The highest BCUT2D eigenvalue weighted by atomic mass is 15.1. The second kappa shape index (κ2) is 29.1. The van der Waals surface area contributed by atoms with Crippen LogP contribution in [0.15, 0.2) is 60.7 Å². The molecule has 0 aliphatic carbocycles. The van der Waals surface area contributed by atoms with Gasteiger partial charge in [0.25, 0.3) is 0 Å². The largest absolute Gasteiger partial charge is 0.355 e. The van der Waals surface area contributed by atoms with E-state index in [1.54, 1.807) is 0 Å². The van der Waals surface area contributed by atoms with Crippen LogP contribution in [0, 0.1) is 125 Å². The molecule has 0 aromatic heterocycles. The minimum absolute atomic E-state index is 0. The zero-order valence-electron chi connectivity index (χ0n) is 46.1. The standard InChI is InChI=1S/C22H29N.C21H27N.2C7H8.3C2H6.3CH4/c1-11-13(3)17(7)21-19(15(11)5)10-20-16(6)12(2)14(4)18(8)22(20)23(21)9;1-10-12(3)16(7)20-18(14(10)5)9-19-15(6)11(2)13(4)17(8)21(19)22-20;2*1-7-5-3-2-4-6-7;3*1-2;;;/h10H2,1-9H3;22H,9H2,1-8H3;2*2-6H,1H3;3*1-2H3;3*1H4. The smallest absolute Gasteiger partial charge is 0.0479 e. The van der Waals surface area contributed by atoms with Gasteiger partial charge < -0.3 is 10.2 Å². The lowest BCUT2D eigenvalue weighted by molar-refractivity contribution is 0.975. The third kappa shape index (κ3) is 13.6. The van der Waals surface area contributed by atoms with Crippen molar-refractivity contribution in [3.8, 4) is 0 Å². The van der Waals surface area contributed by atoms with Crippen molar-refractivity contribution in [1.29, 1.82) is 0 Å². The number of nitrogens with one attached hydrogen (secondary N) is 1. The molecule has 0 amide bonds. The van der Waals surface area contributed by atoms with Gasteiger partial charge in [-0.25, -0.2) is 0 Å². The summed E-state index contributed by atoms with van der Waals surface area (Å²) >= 11 is 0. The molecule has 2 aliphatic heterocycles. The molecule has 6 aromatic carbocycles. The highest BCUT2D eigenvalue weighted by Gasteiger charge is 2.29. The Morgan fingerprint density at radius 3 is 0.765 bits per heavy atom. The molecule has 8 rings (SSSR count). The number of aryl methyl sites for hydroxylation is 2. The molecule has 0 spiro atoms. The average molecular weight is 924 g/mol. The molecular formula is C66H102N2. The van der Waals surface area contributed by atoms with E-state index in [0.717, 1.165) is 12.8 Å². The summed E-state index contributed by atoms with van der Waals surface area (Å²) in [6, 6.07) is 20.5. The van der Waals surface area contributed by atoms with E-state index in [4.69, 9.17) is 0 Å². The number of hydrogen-bond acceptors (Lipinski definition) is 2. The van der Waals surface area contributed by atoms with Gasteiger partial charge in [-0.3, -0.25) is 0 Å². The first-order chi connectivity index (χ1) is 30.7. The number of anilines is 4. The third-order valence-electron chi connectivity index (χ3n) is 14.7. The van der Waals surface area contributed by atoms with Crippen LogP contribution >= 0.6 is 0 Å². The quantitative estimate of drug-likeness (QED) is 0.163. The van der Waals surface area contributed by atoms with Crippen LogP contribution < -0.4 is 10.2 Å². The van der Waals surface area contributed by atoms with Crippen LogP contribution in [0.4, 0.5) is 22.7 Å². The summed E-state index contributed by atoms with van der Waals surface area (Å²) in [5.41, 5.74) is 37.2. The van der Waals surface area contributed by atoms with Gasteiger partial charge in [0.05, 0.1) is 0 Å². The van der Waals surface area contributed by atoms with Gasteiger partial charge in [0, 0.05) is 42.6 Å². The summed E-state index contributed by atoms with van der Waals surface area (Å²) in [4.78, 5) is 2.46. The van der Waals surface area contributed by atoms with E-state index in [1.165, 1.54) is 145 Å². The van der Waals surface area contributed by atoms with E-state index in [2.05, 4.69) is 166 Å². The molecule has 0 atom stereocenters. The van der Waals surface area contributed by atoms with Crippen molar-refractivity contribution in [2.75, 3.05) is 17.3 Å². The zero-order chi connectivity index (χ0) is 49.8. The first-order valence-electron chi connectivity index (χ1n) is 24.6. The van der Waals surface area contributed by atoms with E-state index in [9.17, 15) is 0 Å². The molecule has 2 heterocycles. The van der Waals surface area contributed by atoms with Crippen LogP contribution in [0.5, 0.6) is 0 Å². The van der Waals surface area contributed by atoms with Crippen LogP contribution in [0.1, 0.15) is 186 Å². The lowest BCUT2D eigenvalue weighted by atomic mass is 9.81. The van der Waals surface area contributed by atoms with Gasteiger partial charge in [-0.1, -0.05) is 136 Å². The summed E-state index contributed by atoms with van der Waals surface area (Å²) in [5, 5.41) is 3.79. The fraction of sp³-hybridized carbons (Fsp3) is 0.455. The summed E-state index contributed by atoms with van der Waals surface area (Å²) in [7, 11) is 2.25. The third-order valence-corrected chi connectivity index (χ3v) is 14.7. The van der Waals surface area contributed by atoms with Crippen LogP contribution in [0.3, 0.4) is 0 Å². The Morgan fingerprint density at radius 1 is 0.294 bits per heavy atom. The first-order valence-corrected chi connectivity index (χ1v) is 24.6. The van der Waals surface area contributed by atoms with E-state index < -0.39 is 0 Å². The normalized spacial score (nSPS) is 10.6. The molecule has 0 saturated heterocycles. The summed E-state index contributed by atoms with van der Waals surface area (Å²) in [6.45, 7) is 52.4. The van der Waals surface area contributed by atoms with Gasteiger partial charge in [-0.2, -0.15) is 0 Å². The Morgan fingerprint density at radius 2 is 0.515 bits per heavy atom. The molecule has 2 aliphatic rings. The zero-order valence-corrected chi connectivity index (χ0v) is 46.1. The first kappa shape index (κ1) is 65.0. The molecule has 68 heavy (non-hydrogen) atoms. The molecule has 0 radical (unpaired) electrons. The second-order valence-electron chi connectivity index (χ2n) is 17.7. The fourth-order valence-corrected chi connectivity index (χ4v) is 9.30. The minimum atomic E-state index is 0. The van der Waals surface area contributed by atoms with Crippen molar-refractivity contribution in [2.24, 2.45) is 0 Å². The van der Waals surface area contributed by atoms with Crippen molar-refractivity contribution in [3.05, 3.63) is 183 Å². The molecular weight excluding hydrogens is 821 g/mol. The van der Waals surface area contributed by atoms with Crippen molar-refractivity contribution in [2.45, 2.75) is 201 Å². The summed E-state index contributed by atoms with van der Waals surface area (Å²) in [6.07, 6.45) is 2.12. The van der Waals surface area contributed by atoms with E-state index in [0.29, 0.717) is 0 Å². The van der Waals surface area contributed by atoms with Crippen molar-refractivity contribution >= 4 is 22.7 Å². The number of rotatable bonds is 0. The lowest BCUT2D eigenvalue weighted by Gasteiger charge is -2.37. The maximum atomic E-state index is 3.79. The molecule has 0 saturated carbocycles. The Labute approximate surface area is 422 Å². The van der Waals surface area contributed by atoms with E-state index >= 15 is 0 Å². The van der Waals surface area contributed by atoms with Crippen LogP contribution in [0.2, 0.25) is 0 Å². The molecule has 0 bridgehead atoms. The van der Waals surface area contributed by atoms with E-state index in [-0.39, 0.29) is 22.3 Å². The SMILES string of the molecule is C.C.C.CC.CC.CC.Cc1c(C)c(C)c2c(c1C)Cc1c(C)c(C)c(C)c(C)c1N2.Cc1c(C)c(C)c2c(c1C)Cc1c(C)c(C)c(C)c(C)c1N2C.Cc1ccccc1.Cc1ccccc1. The lowest BCUT2D eigenvalue weighted by Crippen LogP contribution is -2.24. The molecule has 2 heteroatoms. The number of nitrogens with zero attached hydrogens (tertiary/aromatic N) is 1. The maximum absolute atomic E-state index is 3.79.